The highest BCUT2D eigenvalue weighted by Gasteiger charge is 2.52. The molecular weight excluding hydrogens is 433 g/mol. The fraction of sp³-hybridized carbons (Fsp3) is 0.233. The first-order valence-corrected chi connectivity index (χ1v) is 12.1. The lowest BCUT2D eigenvalue weighted by molar-refractivity contribution is 0.00578. The van der Waals surface area contributed by atoms with Gasteiger partial charge in [0.15, 0.2) is 0 Å². The molecule has 0 amide bonds. The zero-order chi connectivity index (χ0) is 24.4. The first-order valence-electron chi connectivity index (χ1n) is 12.1. The van der Waals surface area contributed by atoms with E-state index >= 15 is 0 Å². The number of pyridine rings is 1. The lowest BCUT2D eigenvalue weighted by Crippen LogP contribution is -2.41. The van der Waals surface area contributed by atoms with Crippen LogP contribution in [0, 0.1) is 6.92 Å². The van der Waals surface area contributed by atoms with Gasteiger partial charge in [0.1, 0.15) is 11.2 Å². The van der Waals surface area contributed by atoms with Crippen LogP contribution in [0.5, 0.6) is 0 Å². The molecule has 1 aliphatic heterocycles. The van der Waals surface area contributed by atoms with Crippen molar-refractivity contribution in [1.29, 1.82) is 0 Å². The molecule has 0 unspecified atom stereocenters. The molecular formula is C30H28BNO3. The molecule has 35 heavy (non-hydrogen) atoms. The largest absolute Gasteiger partial charge is 0.495 e. The van der Waals surface area contributed by atoms with Crippen LogP contribution < -0.4 is 5.46 Å². The quantitative estimate of drug-likeness (QED) is 0.274. The van der Waals surface area contributed by atoms with Gasteiger partial charge in [0.25, 0.3) is 0 Å². The van der Waals surface area contributed by atoms with E-state index in [2.05, 4.69) is 94.4 Å². The summed E-state index contributed by atoms with van der Waals surface area (Å²) in [6, 6.07) is 25.1. The first-order chi connectivity index (χ1) is 16.7. The summed E-state index contributed by atoms with van der Waals surface area (Å²) in [5.74, 6) is 0. The van der Waals surface area contributed by atoms with Crippen molar-refractivity contribution in [2.45, 2.75) is 45.8 Å². The fourth-order valence-electron chi connectivity index (χ4n) is 4.72. The number of nitrogens with zero attached hydrogens (tertiary/aromatic N) is 1. The number of hydrogen-bond acceptors (Lipinski definition) is 4. The molecule has 0 N–H and O–H groups in total. The van der Waals surface area contributed by atoms with Crippen LogP contribution in [-0.4, -0.2) is 23.3 Å². The second-order valence-electron chi connectivity index (χ2n) is 10.4. The summed E-state index contributed by atoms with van der Waals surface area (Å²) in [6.07, 6.45) is 1.89. The van der Waals surface area contributed by atoms with E-state index < -0.39 is 18.3 Å². The Kier molecular flexibility index (Phi) is 4.92. The lowest BCUT2D eigenvalue weighted by atomic mass is 9.76. The van der Waals surface area contributed by atoms with Crippen LogP contribution in [0.3, 0.4) is 0 Å². The molecule has 3 aromatic carbocycles. The van der Waals surface area contributed by atoms with Gasteiger partial charge >= 0.3 is 7.12 Å². The summed E-state index contributed by atoms with van der Waals surface area (Å²) >= 11 is 0. The van der Waals surface area contributed by atoms with Gasteiger partial charge in [-0.05, 0) is 81.0 Å². The average Bonchev–Trinajstić information content (AvgIpc) is 3.32. The average molecular weight is 461 g/mol. The summed E-state index contributed by atoms with van der Waals surface area (Å²) in [5, 5.41) is 2.18. The third-order valence-electron chi connectivity index (χ3n) is 7.53. The van der Waals surface area contributed by atoms with Crippen LogP contribution >= 0.6 is 0 Å². The molecule has 5 aromatic rings. The van der Waals surface area contributed by atoms with Crippen LogP contribution in [0.1, 0.15) is 33.3 Å². The number of aromatic nitrogens is 1. The van der Waals surface area contributed by atoms with Crippen molar-refractivity contribution in [3.05, 3.63) is 84.6 Å². The molecule has 5 heteroatoms. The number of benzene rings is 3. The molecule has 1 fully saturated rings. The number of furan rings is 1. The first kappa shape index (κ1) is 22.1. The maximum absolute atomic E-state index is 6.46. The van der Waals surface area contributed by atoms with E-state index in [0.29, 0.717) is 0 Å². The van der Waals surface area contributed by atoms with E-state index in [9.17, 15) is 0 Å². The maximum atomic E-state index is 6.46. The van der Waals surface area contributed by atoms with Crippen LogP contribution in [0.4, 0.5) is 0 Å². The number of hydrogen-bond donors (Lipinski definition) is 0. The van der Waals surface area contributed by atoms with Crippen molar-refractivity contribution in [2.24, 2.45) is 0 Å². The highest BCUT2D eigenvalue weighted by atomic mass is 16.7. The Morgan fingerprint density at radius 2 is 1.49 bits per heavy atom. The predicted octanol–water partition coefficient (Wildman–Crippen LogP) is 6.92. The van der Waals surface area contributed by atoms with Gasteiger partial charge in [0.05, 0.1) is 16.9 Å². The Hall–Kier alpha value is -3.41. The normalized spacial score (nSPS) is 16.9. The van der Waals surface area contributed by atoms with Crippen molar-refractivity contribution in [3.63, 3.8) is 0 Å². The molecule has 0 aliphatic carbocycles. The Bertz CT molecular complexity index is 1550. The number of para-hydroxylation sites is 1. The van der Waals surface area contributed by atoms with Gasteiger partial charge in [-0.1, -0.05) is 48.5 Å². The summed E-state index contributed by atoms with van der Waals surface area (Å²) in [7, 11) is -0.440. The molecule has 3 heterocycles. The van der Waals surface area contributed by atoms with Gasteiger partial charge in [-0.15, -0.1) is 0 Å². The molecule has 0 saturated carbocycles. The van der Waals surface area contributed by atoms with Gasteiger partial charge < -0.3 is 13.7 Å². The zero-order valence-corrected chi connectivity index (χ0v) is 20.8. The molecule has 1 aliphatic rings. The Morgan fingerprint density at radius 1 is 0.743 bits per heavy atom. The Labute approximate surface area is 206 Å². The predicted molar refractivity (Wildman–Crippen MR) is 143 cm³/mol. The van der Waals surface area contributed by atoms with Crippen molar-refractivity contribution < 1.29 is 13.7 Å². The topological polar surface area (TPSA) is 44.5 Å². The minimum Gasteiger partial charge on any atom is -0.455 e. The van der Waals surface area contributed by atoms with Crippen LogP contribution in [0.15, 0.2) is 83.4 Å². The SMILES string of the molecule is Cc1cnc(-c2cccc3c2oc2cc(-c4ccccc4)ccc23)cc1B1OC(C)(C)C(C)(C)O1. The van der Waals surface area contributed by atoms with E-state index in [0.717, 1.165) is 49.8 Å². The number of aryl methyl sites for hydroxylation is 1. The summed E-state index contributed by atoms with van der Waals surface area (Å²) < 4.78 is 19.1. The molecule has 6 rings (SSSR count). The highest BCUT2D eigenvalue weighted by molar-refractivity contribution is 6.62. The standard InChI is InChI=1S/C30H28BNO3/c1-19-18-32-26(17-25(19)31-34-29(2,3)30(4,5)35-31)24-13-9-12-23-22-15-14-21(16-27(22)33-28(23)24)20-10-7-6-8-11-20/h6-18H,1-5H3. The van der Waals surface area contributed by atoms with Crippen LogP contribution in [0.25, 0.3) is 44.3 Å². The Balaban J connectivity index is 1.46. The second-order valence-corrected chi connectivity index (χ2v) is 10.4. The van der Waals surface area contributed by atoms with Crippen molar-refractivity contribution in [3.8, 4) is 22.4 Å². The van der Waals surface area contributed by atoms with Gasteiger partial charge in [-0.2, -0.15) is 0 Å². The second kappa shape index (κ2) is 7.80. The molecule has 0 bridgehead atoms. The molecule has 0 spiro atoms. The fourth-order valence-corrected chi connectivity index (χ4v) is 4.72. The van der Waals surface area contributed by atoms with Crippen LogP contribution in [0.2, 0.25) is 0 Å². The van der Waals surface area contributed by atoms with Crippen molar-refractivity contribution >= 4 is 34.5 Å². The molecule has 0 atom stereocenters. The Morgan fingerprint density at radius 3 is 2.23 bits per heavy atom. The summed E-state index contributed by atoms with van der Waals surface area (Å²) in [5.41, 5.74) is 7.04. The van der Waals surface area contributed by atoms with Crippen molar-refractivity contribution in [2.75, 3.05) is 0 Å². The van der Waals surface area contributed by atoms with E-state index in [1.165, 1.54) is 5.56 Å². The van der Waals surface area contributed by atoms with E-state index in [1.807, 2.05) is 19.2 Å². The monoisotopic (exact) mass is 461 g/mol. The molecule has 2 aromatic heterocycles. The minimum absolute atomic E-state index is 0.400. The zero-order valence-electron chi connectivity index (χ0n) is 20.8. The molecule has 0 radical (unpaired) electrons. The summed E-state index contributed by atoms with van der Waals surface area (Å²) in [4.78, 5) is 4.77. The molecule has 4 nitrogen and oxygen atoms in total. The van der Waals surface area contributed by atoms with Gasteiger partial charge in [0.2, 0.25) is 0 Å². The van der Waals surface area contributed by atoms with Gasteiger partial charge in [0, 0.05) is 22.5 Å². The third-order valence-corrected chi connectivity index (χ3v) is 7.53. The van der Waals surface area contributed by atoms with E-state index in [-0.39, 0.29) is 0 Å². The van der Waals surface area contributed by atoms with E-state index in [4.69, 9.17) is 18.7 Å². The number of fused-ring (bicyclic) bond motifs is 3. The summed E-state index contributed by atoms with van der Waals surface area (Å²) in [6.45, 7) is 10.3. The molecule has 174 valence electrons. The lowest BCUT2D eigenvalue weighted by Gasteiger charge is -2.32. The molecule has 1 saturated heterocycles. The van der Waals surface area contributed by atoms with Gasteiger partial charge in [-0.25, -0.2) is 0 Å². The number of rotatable bonds is 3. The minimum atomic E-state index is -0.440. The van der Waals surface area contributed by atoms with Crippen LogP contribution in [-0.2, 0) is 9.31 Å². The highest BCUT2D eigenvalue weighted by Crippen LogP contribution is 2.39. The maximum Gasteiger partial charge on any atom is 0.495 e. The smallest absolute Gasteiger partial charge is 0.455 e. The third kappa shape index (κ3) is 3.58. The van der Waals surface area contributed by atoms with E-state index in [1.54, 1.807) is 0 Å². The van der Waals surface area contributed by atoms with Crippen molar-refractivity contribution in [1.82, 2.24) is 4.98 Å². The van der Waals surface area contributed by atoms with Gasteiger partial charge in [-0.3, -0.25) is 4.98 Å².